The number of hydrogen-bond donors (Lipinski definition) is 0. The summed E-state index contributed by atoms with van der Waals surface area (Å²) in [6.45, 7) is 7.98. The number of aliphatic imine (C=N–C) groups is 1. The van der Waals surface area contributed by atoms with Crippen LogP contribution in [0.15, 0.2) is 9.52 Å². The number of hydrogen-bond acceptors (Lipinski definition) is 6. The minimum absolute atomic E-state index is 0.0715. The predicted molar refractivity (Wildman–Crippen MR) is 87.5 cm³/mol. The first kappa shape index (κ1) is 15.7. The molecule has 1 aromatic heterocycles. The number of carbonyl (C=O) groups excluding carboxylic acids is 1. The maximum Gasteiger partial charge on any atom is 0.229 e. The van der Waals surface area contributed by atoms with E-state index in [2.05, 4.69) is 22.0 Å². The van der Waals surface area contributed by atoms with Crippen molar-refractivity contribution in [3.63, 3.8) is 0 Å². The standard InChI is InChI=1S/C14H19ClN4O2S/c1-9-8-16-14(22-9)19-5-3-18(4-6-19)12(20)7-11-10(2)17-21-13(11)15/h9H,3-8H2,1-2H3/t9-/m0/s1. The molecule has 1 amide bonds. The van der Waals surface area contributed by atoms with E-state index in [1.54, 1.807) is 6.92 Å². The molecule has 1 saturated heterocycles. The third-order valence-corrected chi connectivity index (χ3v) is 5.40. The van der Waals surface area contributed by atoms with E-state index in [1.165, 1.54) is 0 Å². The van der Waals surface area contributed by atoms with Crippen molar-refractivity contribution in [3.05, 3.63) is 16.5 Å². The van der Waals surface area contributed by atoms with Crippen LogP contribution in [0.2, 0.25) is 5.22 Å². The Kier molecular flexibility index (Phi) is 4.63. The number of nitrogens with zero attached hydrogens (tertiary/aromatic N) is 4. The average molecular weight is 343 g/mol. The average Bonchev–Trinajstić information content (AvgIpc) is 3.08. The number of piperazine rings is 1. The SMILES string of the molecule is Cc1noc(Cl)c1CC(=O)N1CCN(C2=NC[C@H](C)S2)CC1. The summed E-state index contributed by atoms with van der Waals surface area (Å²) in [6, 6.07) is 0. The van der Waals surface area contributed by atoms with Gasteiger partial charge < -0.3 is 14.3 Å². The first-order valence-corrected chi connectivity index (χ1v) is 8.65. The Morgan fingerprint density at radius 2 is 2.14 bits per heavy atom. The second-order valence-corrected chi connectivity index (χ2v) is 7.37. The third-order valence-electron chi connectivity index (χ3n) is 3.96. The minimum Gasteiger partial charge on any atom is -0.348 e. The van der Waals surface area contributed by atoms with Crippen molar-refractivity contribution in [2.45, 2.75) is 25.5 Å². The van der Waals surface area contributed by atoms with E-state index in [-0.39, 0.29) is 17.5 Å². The molecule has 0 saturated carbocycles. The lowest BCUT2D eigenvalue weighted by Crippen LogP contribution is -2.50. The van der Waals surface area contributed by atoms with Gasteiger partial charge in [0, 0.05) is 37.0 Å². The quantitative estimate of drug-likeness (QED) is 0.820. The van der Waals surface area contributed by atoms with Crippen molar-refractivity contribution in [2.24, 2.45) is 4.99 Å². The highest BCUT2D eigenvalue weighted by Crippen LogP contribution is 2.24. The summed E-state index contributed by atoms with van der Waals surface area (Å²) in [4.78, 5) is 21.1. The van der Waals surface area contributed by atoms with Crippen LogP contribution in [0.25, 0.3) is 0 Å². The van der Waals surface area contributed by atoms with Gasteiger partial charge in [0.15, 0.2) is 5.17 Å². The number of amides is 1. The summed E-state index contributed by atoms with van der Waals surface area (Å²) in [5.41, 5.74) is 1.38. The number of rotatable bonds is 2. The summed E-state index contributed by atoms with van der Waals surface area (Å²) < 4.78 is 4.90. The van der Waals surface area contributed by atoms with Crippen LogP contribution in [0.3, 0.4) is 0 Å². The zero-order valence-corrected chi connectivity index (χ0v) is 14.3. The molecule has 3 rings (SSSR count). The van der Waals surface area contributed by atoms with Crippen LogP contribution >= 0.6 is 23.4 Å². The predicted octanol–water partition coefficient (Wildman–Crippen LogP) is 1.81. The molecule has 22 heavy (non-hydrogen) atoms. The molecule has 1 aromatic rings. The van der Waals surface area contributed by atoms with Gasteiger partial charge in [-0.05, 0) is 18.5 Å². The fraction of sp³-hybridized carbons (Fsp3) is 0.643. The summed E-state index contributed by atoms with van der Waals surface area (Å²) in [5.74, 6) is 0.0715. The van der Waals surface area contributed by atoms with Gasteiger partial charge in [0.05, 0.1) is 18.7 Å². The molecule has 0 aromatic carbocycles. The topological polar surface area (TPSA) is 61.9 Å². The largest absolute Gasteiger partial charge is 0.348 e. The van der Waals surface area contributed by atoms with E-state index < -0.39 is 0 Å². The van der Waals surface area contributed by atoms with Crippen molar-refractivity contribution in [3.8, 4) is 0 Å². The van der Waals surface area contributed by atoms with Crippen molar-refractivity contribution < 1.29 is 9.32 Å². The molecular weight excluding hydrogens is 324 g/mol. The Morgan fingerprint density at radius 1 is 1.41 bits per heavy atom. The van der Waals surface area contributed by atoms with E-state index in [0.29, 0.717) is 16.5 Å². The van der Waals surface area contributed by atoms with Gasteiger partial charge >= 0.3 is 0 Å². The normalized spacial score (nSPS) is 22.1. The molecule has 0 spiro atoms. The van der Waals surface area contributed by atoms with Gasteiger partial charge in [0.1, 0.15) is 0 Å². The Bertz CT molecular complexity index is 576. The molecule has 3 heterocycles. The van der Waals surface area contributed by atoms with Gasteiger partial charge in [-0.15, -0.1) is 0 Å². The van der Waals surface area contributed by atoms with Crippen LogP contribution in [-0.2, 0) is 11.2 Å². The van der Waals surface area contributed by atoms with Gasteiger partial charge in [-0.2, -0.15) is 0 Å². The maximum absolute atomic E-state index is 12.4. The molecule has 1 atom stereocenters. The molecule has 8 heteroatoms. The fourth-order valence-corrected chi connectivity index (χ4v) is 3.83. The van der Waals surface area contributed by atoms with E-state index in [4.69, 9.17) is 16.1 Å². The van der Waals surface area contributed by atoms with Crippen LogP contribution in [0, 0.1) is 6.92 Å². The smallest absolute Gasteiger partial charge is 0.229 e. The molecular formula is C14H19ClN4O2S. The fourth-order valence-electron chi connectivity index (χ4n) is 2.60. The van der Waals surface area contributed by atoms with Crippen molar-refractivity contribution >= 4 is 34.4 Å². The lowest BCUT2D eigenvalue weighted by atomic mass is 10.1. The van der Waals surface area contributed by atoms with E-state index >= 15 is 0 Å². The number of halogens is 1. The molecule has 6 nitrogen and oxygen atoms in total. The van der Waals surface area contributed by atoms with Crippen molar-refractivity contribution in [2.75, 3.05) is 32.7 Å². The van der Waals surface area contributed by atoms with Crippen molar-refractivity contribution in [1.82, 2.24) is 15.0 Å². The third kappa shape index (κ3) is 3.25. The Morgan fingerprint density at radius 3 is 2.68 bits per heavy atom. The lowest BCUT2D eigenvalue weighted by Gasteiger charge is -2.35. The second kappa shape index (κ2) is 6.50. The van der Waals surface area contributed by atoms with Gasteiger partial charge in [0.25, 0.3) is 0 Å². The summed E-state index contributed by atoms with van der Waals surface area (Å²) in [6.07, 6.45) is 0.251. The van der Waals surface area contributed by atoms with Gasteiger partial charge in [-0.1, -0.05) is 23.8 Å². The molecule has 1 fully saturated rings. The summed E-state index contributed by atoms with van der Waals surface area (Å²) in [5, 5.41) is 5.69. The first-order chi connectivity index (χ1) is 10.5. The number of amidine groups is 1. The highest BCUT2D eigenvalue weighted by molar-refractivity contribution is 8.14. The monoisotopic (exact) mass is 342 g/mol. The Balaban J connectivity index is 1.54. The molecule has 2 aliphatic rings. The van der Waals surface area contributed by atoms with E-state index in [0.717, 1.165) is 37.9 Å². The summed E-state index contributed by atoms with van der Waals surface area (Å²) >= 11 is 7.75. The van der Waals surface area contributed by atoms with Gasteiger partial charge in [-0.3, -0.25) is 9.79 Å². The molecule has 0 bridgehead atoms. The number of aromatic nitrogens is 1. The maximum atomic E-state index is 12.4. The highest BCUT2D eigenvalue weighted by Gasteiger charge is 2.27. The first-order valence-electron chi connectivity index (χ1n) is 7.39. The Labute approximate surface area is 138 Å². The van der Waals surface area contributed by atoms with Crippen molar-refractivity contribution in [1.29, 1.82) is 0 Å². The Hall–Kier alpha value is -1.21. The molecule has 0 unspecified atom stereocenters. The zero-order valence-electron chi connectivity index (χ0n) is 12.7. The minimum atomic E-state index is 0.0715. The van der Waals surface area contributed by atoms with Crippen LogP contribution in [0.5, 0.6) is 0 Å². The van der Waals surface area contributed by atoms with Crippen LogP contribution in [-0.4, -0.2) is 64.0 Å². The molecule has 0 radical (unpaired) electrons. The zero-order chi connectivity index (χ0) is 15.7. The van der Waals surface area contributed by atoms with Gasteiger partial charge in [0.2, 0.25) is 11.1 Å². The number of aryl methyl sites for hydroxylation is 1. The number of carbonyl (C=O) groups is 1. The van der Waals surface area contributed by atoms with Crippen LogP contribution < -0.4 is 0 Å². The number of thioether (sulfide) groups is 1. The highest BCUT2D eigenvalue weighted by atomic mass is 35.5. The van der Waals surface area contributed by atoms with Crippen LogP contribution in [0.4, 0.5) is 0 Å². The molecule has 0 N–H and O–H groups in total. The van der Waals surface area contributed by atoms with E-state index in [9.17, 15) is 4.79 Å². The molecule has 2 aliphatic heterocycles. The van der Waals surface area contributed by atoms with Gasteiger partial charge in [-0.25, -0.2) is 0 Å². The second-order valence-electron chi connectivity index (χ2n) is 5.62. The lowest BCUT2D eigenvalue weighted by molar-refractivity contribution is -0.131. The molecule has 0 aliphatic carbocycles. The molecule has 120 valence electrons. The van der Waals surface area contributed by atoms with Crippen LogP contribution in [0.1, 0.15) is 18.2 Å². The summed E-state index contributed by atoms with van der Waals surface area (Å²) in [7, 11) is 0. The van der Waals surface area contributed by atoms with E-state index in [1.807, 2.05) is 16.7 Å².